The molecule has 0 amide bonds. The summed E-state index contributed by atoms with van der Waals surface area (Å²) >= 11 is 0. The van der Waals surface area contributed by atoms with Crippen molar-refractivity contribution in [2.45, 2.75) is 51.2 Å². The normalized spacial score (nSPS) is 32.6. The van der Waals surface area contributed by atoms with Gasteiger partial charge in [-0.15, -0.1) is 0 Å². The molecule has 1 saturated heterocycles. The van der Waals surface area contributed by atoms with Gasteiger partial charge in [-0.1, -0.05) is 6.92 Å². The Morgan fingerprint density at radius 1 is 1.29 bits per heavy atom. The summed E-state index contributed by atoms with van der Waals surface area (Å²) in [5.41, 5.74) is 0. The molecule has 2 aliphatic rings. The Kier molecular flexibility index (Phi) is 4.83. The van der Waals surface area contributed by atoms with Gasteiger partial charge in [0.2, 0.25) is 0 Å². The SMILES string of the molecule is CCC(O)CC1CC(NCC2CC2)CN(C)C1. The van der Waals surface area contributed by atoms with Crippen LogP contribution in [0.5, 0.6) is 0 Å². The maximum atomic E-state index is 9.77. The summed E-state index contributed by atoms with van der Waals surface area (Å²) in [4.78, 5) is 2.42. The first kappa shape index (κ1) is 13.3. The molecule has 0 aromatic rings. The van der Waals surface area contributed by atoms with Crippen molar-refractivity contribution < 1.29 is 5.11 Å². The van der Waals surface area contributed by atoms with Crippen molar-refractivity contribution in [3.05, 3.63) is 0 Å². The molecule has 0 radical (unpaired) electrons. The van der Waals surface area contributed by atoms with Crippen molar-refractivity contribution in [2.24, 2.45) is 11.8 Å². The van der Waals surface area contributed by atoms with Crippen LogP contribution in [0.3, 0.4) is 0 Å². The zero-order valence-corrected chi connectivity index (χ0v) is 11.4. The number of likely N-dealkylation sites (tertiary alicyclic amines) is 1. The number of likely N-dealkylation sites (N-methyl/N-ethyl adjacent to an activating group) is 1. The van der Waals surface area contributed by atoms with E-state index in [1.807, 2.05) is 0 Å². The highest BCUT2D eigenvalue weighted by Gasteiger charge is 2.28. The second kappa shape index (κ2) is 6.17. The molecule has 2 fully saturated rings. The minimum absolute atomic E-state index is 0.101. The number of rotatable bonds is 6. The van der Waals surface area contributed by atoms with Gasteiger partial charge in [0.25, 0.3) is 0 Å². The van der Waals surface area contributed by atoms with Crippen LogP contribution in [-0.4, -0.2) is 48.8 Å². The Morgan fingerprint density at radius 2 is 2.06 bits per heavy atom. The van der Waals surface area contributed by atoms with E-state index in [1.165, 1.54) is 32.4 Å². The third-order valence-electron chi connectivity index (χ3n) is 4.19. The zero-order valence-electron chi connectivity index (χ0n) is 11.4. The van der Waals surface area contributed by atoms with Gasteiger partial charge in [0, 0.05) is 19.1 Å². The molecule has 3 heteroatoms. The summed E-state index contributed by atoms with van der Waals surface area (Å²) in [6, 6.07) is 0.642. The van der Waals surface area contributed by atoms with E-state index in [2.05, 4.69) is 24.2 Å². The molecule has 0 bridgehead atoms. The second-order valence-electron chi connectivity index (χ2n) is 6.17. The predicted octanol–water partition coefficient (Wildman–Crippen LogP) is 1.47. The van der Waals surface area contributed by atoms with Gasteiger partial charge < -0.3 is 15.3 Å². The summed E-state index contributed by atoms with van der Waals surface area (Å²) in [6.45, 7) is 5.60. The molecule has 100 valence electrons. The molecule has 2 N–H and O–H groups in total. The van der Waals surface area contributed by atoms with E-state index in [4.69, 9.17) is 0 Å². The Bertz CT molecular complexity index is 230. The van der Waals surface area contributed by atoms with Crippen LogP contribution in [0.25, 0.3) is 0 Å². The quantitative estimate of drug-likeness (QED) is 0.738. The van der Waals surface area contributed by atoms with Crippen molar-refractivity contribution in [1.82, 2.24) is 10.2 Å². The van der Waals surface area contributed by atoms with Crippen LogP contribution in [-0.2, 0) is 0 Å². The number of aliphatic hydroxyl groups excluding tert-OH is 1. The molecular formula is C14H28N2O. The maximum absolute atomic E-state index is 9.77. The Hall–Kier alpha value is -0.120. The monoisotopic (exact) mass is 240 g/mol. The molecule has 0 spiro atoms. The van der Waals surface area contributed by atoms with Crippen LogP contribution in [0, 0.1) is 11.8 Å². The zero-order chi connectivity index (χ0) is 12.3. The van der Waals surface area contributed by atoms with Gasteiger partial charge in [-0.25, -0.2) is 0 Å². The predicted molar refractivity (Wildman–Crippen MR) is 71.0 cm³/mol. The summed E-state index contributed by atoms with van der Waals surface area (Å²) in [5, 5.41) is 13.5. The molecule has 3 atom stereocenters. The Balaban J connectivity index is 1.73. The molecular weight excluding hydrogens is 212 g/mol. The molecule has 1 aliphatic carbocycles. The van der Waals surface area contributed by atoms with Gasteiger partial charge in [0.05, 0.1) is 6.10 Å². The summed E-state index contributed by atoms with van der Waals surface area (Å²) in [7, 11) is 2.20. The largest absolute Gasteiger partial charge is 0.393 e. The Morgan fingerprint density at radius 3 is 2.71 bits per heavy atom. The summed E-state index contributed by atoms with van der Waals surface area (Å²) in [5.74, 6) is 1.63. The summed E-state index contributed by atoms with van der Waals surface area (Å²) < 4.78 is 0. The third kappa shape index (κ3) is 4.57. The van der Waals surface area contributed by atoms with E-state index in [0.717, 1.165) is 25.3 Å². The molecule has 1 aliphatic heterocycles. The van der Waals surface area contributed by atoms with E-state index < -0.39 is 0 Å². The number of piperidine rings is 1. The lowest BCUT2D eigenvalue weighted by Gasteiger charge is -2.37. The van der Waals surface area contributed by atoms with Gasteiger partial charge in [0.1, 0.15) is 0 Å². The fourth-order valence-electron chi connectivity index (χ4n) is 2.97. The minimum Gasteiger partial charge on any atom is -0.393 e. The molecule has 1 heterocycles. The number of hydrogen-bond donors (Lipinski definition) is 2. The van der Waals surface area contributed by atoms with Crippen LogP contribution >= 0.6 is 0 Å². The lowest BCUT2D eigenvalue weighted by Crippen LogP contribution is -2.48. The average Bonchev–Trinajstić information content (AvgIpc) is 3.09. The molecule has 3 unspecified atom stereocenters. The van der Waals surface area contributed by atoms with Crippen LogP contribution in [0.15, 0.2) is 0 Å². The summed E-state index contributed by atoms with van der Waals surface area (Å²) in [6.07, 6.45) is 5.86. The third-order valence-corrected chi connectivity index (χ3v) is 4.19. The first-order valence-electron chi connectivity index (χ1n) is 7.27. The maximum Gasteiger partial charge on any atom is 0.0540 e. The molecule has 3 nitrogen and oxygen atoms in total. The standard InChI is InChI=1S/C14H28N2O/c1-3-14(17)7-12-6-13(10-16(2)9-12)15-8-11-4-5-11/h11-15,17H,3-10H2,1-2H3. The fourth-order valence-corrected chi connectivity index (χ4v) is 2.97. The van der Waals surface area contributed by atoms with Crippen molar-refractivity contribution in [1.29, 1.82) is 0 Å². The number of nitrogens with one attached hydrogen (secondary N) is 1. The number of hydrogen-bond acceptors (Lipinski definition) is 3. The van der Waals surface area contributed by atoms with E-state index >= 15 is 0 Å². The lowest BCUT2D eigenvalue weighted by atomic mass is 9.89. The average molecular weight is 240 g/mol. The smallest absolute Gasteiger partial charge is 0.0540 e. The van der Waals surface area contributed by atoms with Crippen LogP contribution in [0.2, 0.25) is 0 Å². The first-order chi connectivity index (χ1) is 8.17. The molecule has 17 heavy (non-hydrogen) atoms. The topological polar surface area (TPSA) is 35.5 Å². The van der Waals surface area contributed by atoms with Crippen molar-refractivity contribution in [3.63, 3.8) is 0 Å². The van der Waals surface area contributed by atoms with Gasteiger partial charge in [0.15, 0.2) is 0 Å². The van der Waals surface area contributed by atoms with Crippen LogP contribution in [0.1, 0.15) is 39.0 Å². The van der Waals surface area contributed by atoms with Gasteiger partial charge in [-0.05, 0) is 57.5 Å². The highest BCUT2D eigenvalue weighted by atomic mass is 16.3. The Labute approximate surface area is 106 Å². The molecule has 0 aromatic heterocycles. The van der Waals surface area contributed by atoms with E-state index in [9.17, 15) is 5.11 Å². The van der Waals surface area contributed by atoms with Gasteiger partial charge >= 0.3 is 0 Å². The van der Waals surface area contributed by atoms with Crippen LogP contribution in [0.4, 0.5) is 0 Å². The molecule has 2 rings (SSSR count). The van der Waals surface area contributed by atoms with E-state index in [-0.39, 0.29) is 6.10 Å². The van der Waals surface area contributed by atoms with Crippen molar-refractivity contribution in [2.75, 3.05) is 26.7 Å². The van der Waals surface area contributed by atoms with Gasteiger partial charge in [-0.2, -0.15) is 0 Å². The highest BCUT2D eigenvalue weighted by Crippen LogP contribution is 2.28. The minimum atomic E-state index is -0.101. The van der Waals surface area contributed by atoms with E-state index in [1.54, 1.807) is 0 Å². The molecule has 1 saturated carbocycles. The highest BCUT2D eigenvalue weighted by molar-refractivity contribution is 4.85. The lowest BCUT2D eigenvalue weighted by molar-refractivity contribution is 0.0944. The number of nitrogens with zero attached hydrogens (tertiary/aromatic N) is 1. The fraction of sp³-hybridized carbons (Fsp3) is 1.00. The van der Waals surface area contributed by atoms with Crippen molar-refractivity contribution in [3.8, 4) is 0 Å². The van der Waals surface area contributed by atoms with Gasteiger partial charge in [-0.3, -0.25) is 0 Å². The first-order valence-corrected chi connectivity index (χ1v) is 7.27. The van der Waals surface area contributed by atoms with Crippen molar-refractivity contribution >= 4 is 0 Å². The second-order valence-corrected chi connectivity index (χ2v) is 6.17. The van der Waals surface area contributed by atoms with Crippen LogP contribution < -0.4 is 5.32 Å². The number of aliphatic hydroxyl groups is 1. The molecule has 0 aromatic carbocycles. The van der Waals surface area contributed by atoms with E-state index in [0.29, 0.717) is 12.0 Å².